The van der Waals surface area contributed by atoms with E-state index < -0.39 is 0 Å². The second-order valence-corrected chi connectivity index (χ2v) is 5.35. The minimum Gasteiger partial charge on any atom is -0.374 e. The first-order chi connectivity index (χ1) is 7.22. The Morgan fingerprint density at radius 2 is 2.40 bits per heavy atom. The van der Waals surface area contributed by atoms with E-state index >= 15 is 0 Å². The second kappa shape index (κ2) is 4.81. The van der Waals surface area contributed by atoms with Gasteiger partial charge in [0, 0.05) is 19.7 Å². The van der Waals surface area contributed by atoms with E-state index in [1.807, 2.05) is 7.05 Å². The maximum atomic E-state index is 5.84. The molecule has 0 amide bonds. The minimum atomic E-state index is 0.147. The van der Waals surface area contributed by atoms with E-state index in [0.29, 0.717) is 0 Å². The summed E-state index contributed by atoms with van der Waals surface area (Å²) in [5.41, 5.74) is 0.147. The fourth-order valence-electron chi connectivity index (χ4n) is 2.95. The highest BCUT2D eigenvalue weighted by Crippen LogP contribution is 2.28. The summed E-state index contributed by atoms with van der Waals surface area (Å²) in [4.78, 5) is 2.58. The van der Waals surface area contributed by atoms with E-state index in [4.69, 9.17) is 4.74 Å². The second-order valence-electron chi connectivity index (χ2n) is 5.35. The van der Waals surface area contributed by atoms with Crippen LogP contribution in [0.1, 0.15) is 26.2 Å². The lowest BCUT2D eigenvalue weighted by atomic mass is 10.0. The third-order valence-corrected chi connectivity index (χ3v) is 3.72. The molecule has 3 nitrogen and oxygen atoms in total. The van der Waals surface area contributed by atoms with Crippen LogP contribution in [0.15, 0.2) is 0 Å². The first kappa shape index (κ1) is 11.4. The first-order valence-corrected chi connectivity index (χ1v) is 6.23. The molecular formula is C12H24N2O. The highest BCUT2D eigenvalue weighted by Gasteiger charge is 2.34. The molecule has 0 aliphatic carbocycles. The molecule has 2 unspecified atom stereocenters. The van der Waals surface area contributed by atoms with Crippen molar-refractivity contribution >= 4 is 0 Å². The molecule has 88 valence electrons. The van der Waals surface area contributed by atoms with E-state index in [1.165, 1.54) is 32.4 Å². The van der Waals surface area contributed by atoms with Crippen molar-refractivity contribution in [1.29, 1.82) is 0 Å². The van der Waals surface area contributed by atoms with Gasteiger partial charge in [0.05, 0.1) is 5.60 Å². The smallest absolute Gasteiger partial charge is 0.0781 e. The molecule has 2 saturated heterocycles. The van der Waals surface area contributed by atoms with Crippen LogP contribution in [0, 0.1) is 5.92 Å². The van der Waals surface area contributed by atoms with Crippen molar-refractivity contribution in [2.24, 2.45) is 5.92 Å². The van der Waals surface area contributed by atoms with E-state index in [1.54, 1.807) is 0 Å². The SMILES string of the molecule is CNCC1CCN(CC2(C)CCCO2)C1. The van der Waals surface area contributed by atoms with Crippen molar-refractivity contribution in [2.75, 3.05) is 39.8 Å². The number of hydrogen-bond acceptors (Lipinski definition) is 3. The van der Waals surface area contributed by atoms with Gasteiger partial charge in [-0.2, -0.15) is 0 Å². The monoisotopic (exact) mass is 212 g/mol. The lowest BCUT2D eigenvalue weighted by molar-refractivity contribution is -0.00466. The maximum absolute atomic E-state index is 5.84. The summed E-state index contributed by atoms with van der Waals surface area (Å²) in [5.74, 6) is 0.847. The molecular weight excluding hydrogens is 188 g/mol. The standard InChI is InChI=1S/C12H24N2O/c1-12(5-3-7-15-12)10-14-6-4-11(9-14)8-13-2/h11,13H,3-10H2,1-2H3. The summed E-state index contributed by atoms with van der Waals surface area (Å²) >= 11 is 0. The van der Waals surface area contributed by atoms with Gasteiger partial charge in [-0.15, -0.1) is 0 Å². The molecule has 0 spiro atoms. The van der Waals surface area contributed by atoms with Crippen LogP contribution in [0.25, 0.3) is 0 Å². The molecule has 2 atom stereocenters. The Balaban J connectivity index is 1.76. The Morgan fingerprint density at radius 1 is 1.53 bits per heavy atom. The van der Waals surface area contributed by atoms with Crippen LogP contribution in [-0.4, -0.2) is 50.3 Å². The number of nitrogens with one attached hydrogen (secondary N) is 1. The van der Waals surface area contributed by atoms with Gasteiger partial charge in [-0.1, -0.05) is 0 Å². The molecule has 15 heavy (non-hydrogen) atoms. The van der Waals surface area contributed by atoms with Gasteiger partial charge in [0.1, 0.15) is 0 Å². The fourth-order valence-corrected chi connectivity index (χ4v) is 2.95. The van der Waals surface area contributed by atoms with E-state index in [0.717, 1.165) is 25.6 Å². The lowest BCUT2D eigenvalue weighted by Crippen LogP contribution is -2.39. The maximum Gasteiger partial charge on any atom is 0.0781 e. The third-order valence-electron chi connectivity index (χ3n) is 3.72. The van der Waals surface area contributed by atoms with Gasteiger partial charge in [0.2, 0.25) is 0 Å². The van der Waals surface area contributed by atoms with Gasteiger partial charge >= 0.3 is 0 Å². The van der Waals surface area contributed by atoms with Gasteiger partial charge in [-0.3, -0.25) is 0 Å². The topological polar surface area (TPSA) is 24.5 Å². The van der Waals surface area contributed by atoms with Crippen molar-refractivity contribution in [3.05, 3.63) is 0 Å². The third kappa shape index (κ3) is 2.92. The van der Waals surface area contributed by atoms with Gasteiger partial charge < -0.3 is 15.0 Å². The van der Waals surface area contributed by atoms with Crippen molar-refractivity contribution in [3.8, 4) is 0 Å². The van der Waals surface area contributed by atoms with Crippen molar-refractivity contribution in [1.82, 2.24) is 10.2 Å². The van der Waals surface area contributed by atoms with Crippen LogP contribution in [-0.2, 0) is 4.74 Å². The zero-order chi connectivity index (χ0) is 10.7. The van der Waals surface area contributed by atoms with Crippen LogP contribution in [0.3, 0.4) is 0 Å². The van der Waals surface area contributed by atoms with Crippen LogP contribution >= 0.6 is 0 Å². The minimum absolute atomic E-state index is 0.147. The van der Waals surface area contributed by atoms with E-state index in [-0.39, 0.29) is 5.60 Å². The molecule has 0 aromatic heterocycles. The van der Waals surface area contributed by atoms with E-state index in [2.05, 4.69) is 17.1 Å². The molecule has 2 rings (SSSR count). The summed E-state index contributed by atoms with van der Waals surface area (Å²) in [6, 6.07) is 0. The predicted molar refractivity (Wildman–Crippen MR) is 62.1 cm³/mol. The largest absolute Gasteiger partial charge is 0.374 e. The Morgan fingerprint density at radius 3 is 3.07 bits per heavy atom. The van der Waals surface area contributed by atoms with Gasteiger partial charge in [-0.05, 0) is 52.2 Å². The predicted octanol–water partition coefficient (Wildman–Crippen LogP) is 1.10. The van der Waals surface area contributed by atoms with Crippen molar-refractivity contribution in [3.63, 3.8) is 0 Å². The zero-order valence-electron chi connectivity index (χ0n) is 10.1. The Labute approximate surface area is 93.2 Å². The highest BCUT2D eigenvalue weighted by atomic mass is 16.5. The molecule has 0 bridgehead atoms. The number of hydrogen-bond donors (Lipinski definition) is 1. The normalized spacial score (nSPS) is 37.6. The fraction of sp³-hybridized carbons (Fsp3) is 1.00. The molecule has 2 fully saturated rings. The van der Waals surface area contributed by atoms with Crippen LogP contribution < -0.4 is 5.32 Å². The number of likely N-dealkylation sites (tertiary alicyclic amines) is 1. The summed E-state index contributed by atoms with van der Waals surface area (Å²) in [5, 5.41) is 3.28. The van der Waals surface area contributed by atoms with Crippen molar-refractivity contribution in [2.45, 2.75) is 31.8 Å². The Hall–Kier alpha value is -0.120. The number of nitrogens with zero attached hydrogens (tertiary/aromatic N) is 1. The molecule has 2 aliphatic heterocycles. The first-order valence-electron chi connectivity index (χ1n) is 6.23. The molecule has 3 heteroatoms. The number of ether oxygens (including phenoxy) is 1. The van der Waals surface area contributed by atoms with Gasteiger partial charge in [0.15, 0.2) is 0 Å². The molecule has 0 aromatic rings. The summed E-state index contributed by atoms with van der Waals surface area (Å²) in [6.45, 7) is 8.03. The quantitative estimate of drug-likeness (QED) is 0.755. The van der Waals surface area contributed by atoms with Gasteiger partial charge in [0.25, 0.3) is 0 Å². The van der Waals surface area contributed by atoms with Crippen LogP contribution in [0.4, 0.5) is 0 Å². The average molecular weight is 212 g/mol. The average Bonchev–Trinajstić information content (AvgIpc) is 2.77. The van der Waals surface area contributed by atoms with Crippen LogP contribution in [0.2, 0.25) is 0 Å². The summed E-state index contributed by atoms with van der Waals surface area (Å²) < 4.78 is 5.84. The molecule has 0 aromatic carbocycles. The lowest BCUT2D eigenvalue weighted by Gasteiger charge is -2.29. The highest BCUT2D eigenvalue weighted by molar-refractivity contribution is 4.87. The molecule has 1 N–H and O–H groups in total. The van der Waals surface area contributed by atoms with E-state index in [9.17, 15) is 0 Å². The van der Waals surface area contributed by atoms with Crippen molar-refractivity contribution < 1.29 is 4.74 Å². The molecule has 0 saturated carbocycles. The summed E-state index contributed by atoms with van der Waals surface area (Å²) in [7, 11) is 2.05. The van der Waals surface area contributed by atoms with Gasteiger partial charge in [-0.25, -0.2) is 0 Å². The molecule has 2 heterocycles. The number of rotatable bonds is 4. The Kier molecular flexibility index (Phi) is 3.65. The summed E-state index contributed by atoms with van der Waals surface area (Å²) in [6.07, 6.45) is 3.82. The van der Waals surface area contributed by atoms with Crippen LogP contribution in [0.5, 0.6) is 0 Å². The molecule has 0 radical (unpaired) electrons. The molecule has 2 aliphatic rings. The zero-order valence-corrected chi connectivity index (χ0v) is 10.1. The Bertz CT molecular complexity index is 202.